The molecule has 0 fully saturated rings. The Morgan fingerprint density at radius 1 is 1.42 bits per heavy atom. The third-order valence-corrected chi connectivity index (χ3v) is 4.27. The molecule has 19 heavy (non-hydrogen) atoms. The Bertz CT molecular complexity index is 345. The number of nitrogens with one attached hydrogen (secondary N) is 1. The van der Waals surface area contributed by atoms with Crippen LogP contribution in [0.15, 0.2) is 0 Å². The number of carbonyl (C=O) groups excluding carboxylic acids is 2. The predicted molar refractivity (Wildman–Crippen MR) is 78.8 cm³/mol. The van der Waals surface area contributed by atoms with Gasteiger partial charge in [-0.3, -0.25) is 9.59 Å². The highest BCUT2D eigenvalue weighted by Gasteiger charge is 2.25. The zero-order valence-corrected chi connectivity index (χ0v) is 12.9. The summed E-state index contributed by atoms with van der Waals surface area (Å²) in [6.45, 7) is 5.69. The summed E-state index contributed by atoms with van der Waals surface area (Å²) in [5.74, 6) is 2.95. The minimum atomic E-state index is -0.550. The van der Waals surface area contributed by atoms with Gasteiger partial charge in [0.15, 0.2) is 0 Å². The van der Waals surface area contributed by atoms with Gasteiger partial charge in [0.25, 0.3) is 0 Å². The van der Waals surface area contributed by atoms with Gasteiger partial charge in [0.05, 0.1) is 18.8 Å². The van der Waals surface area contributed by atoms with Crippen molar-refractivity contribution in [1.29, 1.82) is 0 Å². The highest BCUT2D eigenvalue weighted by molar-refractivity contribution is 7.99. The van der Waals surface area contributed by atoms with Gasteiger partial charge in [0.1, 0.15) is 5.54 Å². The monoisotopic (exact) mass is 285 g/mol. The van der Waals surface area contributed by atoms with Gasteiger partial charge in [-0.25, -0.2) is 0 Å². The molecule has 1 atom stereocenters. The first-order valence-electron chi connectivity index (χ1n) is 6.39. The summed E-state index contributed by atoms with van der Waals surface area (Å²) in [5, 5.41) is 2.88. The average molecular weight is 285 g/mol. The van der Waals surface area contributed by atoms with Crippen molar-refractivity contribution in [2.24, 2.45) is 5.92 Å². The summed E-state index contributed by atoms with van der Waals surface area (Å²) in [5.41, 5.74) is -0.550. The van der Waals surface area contributed by atoms with Gasteiger partial charge in [-0.2, -0.15) is 11.8 Å². The molecule has 0 saturated heterocycles. The molecule has 0 aromatic rings. The number of esters is 1. The SMILES string of the molecule is C#CC(CC)(CC)NC(=O)CSCC(C)C(=O)OC. The van der Waals surface area contributed by atoms with Crippen LogP contribution in [0.4, 0.5) is 0 Å². The van der Waals surface area contributed by atoms with E-state index in [1.165, 1.54) is 18.9 Å². The van der Waals surface area contributed by atoms with E-state index < -0.39 is 5.54 Å². The first-order valence-corrected chi connectivity index (χ1v) is 7.54. The Hall–Kier alpha value is -1.15. The number of terminal acetylenes is 1. The Balaban J connectivity index is 4.13. The second-order valence-electron chi connectivity index (χ2n) is 4.42. The lowest BCUT2D eigenvalue weighted by atomic mass is 9.94. The molecule has 0 bridgehead atoms. The van der Waals surface area contributed by atoms with Crippen molar-refractivity contribution in [3.63, 3.8) is 0 Å². The molecular weight excluding hydrogens is 262 g/mol. The van der Waals surface area contributed by atoms with Crippen molar-refractivity contribution >= 4 is 23.6 Å². The zero-order valence-electron chi connectivity index (χ0n) is 12.1. The van der Waals surface area contributed by atoms with E-state index in [1.54, 1.807) is 6.92 Å². The standard InChI is InChI=1S/C14H23NO3S/c1-6-14(7-2,8-3)15-12(16)10-19-9-11(4)13(17)18-5/h1,11H,7-10H2,2-5H3,(H,15,16). The molecule has 0 aliphatic rings. The molecule has 0 radical (unpaired) electrons. The van der Waals surface area contributed by atoms with Gasteiger partial charge < -0.3 is 10.1 Å². The smallest absolute Gasteiger partial charge is 0.309 e. The van der Waals surface area contributed by atoms with Crippen LogP contribution in [0.1, 0.15) is 33.6 Å². The van der Waals surface area contributed by atoms with Crippen molar-refractivity contribution in [3.05, 3.63) is 0 Å². The third-order valence-electron chi connectivity index (χ3n) is 3.07. The van der Waals surface area contributed by atoms with E-state index in [9.17, 15) is 9.59 Å². The second-order valence-corrected chi connectivity index (χ2v) is 5.45. The lowest BCUT2D eigenvalue weighted by molar-refractivity contribution is -0.144. The van der Waals surface area contributed by atoms with Crippen molar-refractivity contribution in [2.45, 2.75) is 39.2 Å². The minimum absolute atomic E-state index is 0.0938. The average Bonchev–Trinajstić information content (AvgIpc) is 2.43. The number of carbonyl (C=O) groups is 2. The van der Waals surface area contributed by atoms with Crippen LogP contribution in [-0.4, -0.2) is 36.0 Å². The van der Waals surface area contributed by atoms with Crippen molar-refractivity contribution < 1.29 is 14.3 Å². The number of ether oxygens (including phenoxy) is 1. The van der Waals surface area contributed by atoms with Crippen LogP contribution in [0.5, 0.6) is 0 Å². The molecule has 0 spiro atoms. The fourth-order valence-corrected chi connectivity index (χ4v) is 2.43. The number of thioether (sulfide) groups is 1. The summed E-state index contributed by atoms with van der Waals surface area (Å²) >= 11 is 1.40. The summed E-state index contributed by atoms with van der Waals surface area (Å²) in [6, 6.07) is 0. The maximum atomic E-state index is 11.8. The lowest BCUT2D eigenvalue weighted by Crippen LogP contribution is -2.47. The van der Waals surface area contributed by atoms with E-state index in [0.29, 0.717) is 24.3 Å². The fourth-order valence-electron chi connectivity index (χ4n) is 1.57. The highest BCUT2D eigenvalue weighted by Crippen LogP contribution is 2.15. The van der Waals surface area contributed by atoms with E-state index in [-0.39, 0.29) is 17.8 Å². The van der Waals surface area contributed by atoms with Crippen LogP contribution in [0.25, 0.3) is 0 Å². The highest BCUT2D eigenvalue weighted by atomic mass is 32.2. The number of methoxy groups -OCH3 is 1. The van der Waals surface area contributed by atoms with E-state index in [0.717, 1.165) is 0 Å². The van der Waals surface area contributed by atoms with E-state index >= 15 is 0 Å². The van der Waals surface area contributed by atoms with E-state index in [2.05, 4.69) is 16.0 Å². The third kappa shape index (κ3) is 6.02. The number of hydrogen-bond donors (Lipinski definition) is 1. The number of rotatable bonds is 8. The summed E-state index contributed by atoms with van der Waals surface area (Å²) in [6.07, 6.45) is 6.89. The molecule has 0 aromatic heterocycles. The Morgan fingerprint density at radius 3 is 2.42 bits per heavy atom. The quantitative estimate of drug-likeness (QED) is 0.546. The molecular formula is C14H23NO3S. The first kappa shape index (κ1) is 17.8. The molecule has 0 aromatic carbocycles. The Kier molecular flexibility index (Phi) is 8.33. The van der Waals surface area contributed by atoms with Crippen LogP contribution < -0.4 is 5.32 Å². The van der Waals surface area contributed by atoms with Gasteiger partial charge in [-0.1, -0.05) is 26.7 Å². The molecule has 1 unspecified atom stereocenters. The van der Waals surface area contributed by atoms with Crippen LogP contribution in [0, 0.1) is 18.3 Å². The lowest BCUT2D eigenvalue weighted by Gasteiger charge is -2.27. The molecule has 0 rings (SSSR count). The van der Waals surface area contributed by atoms with Gasteiger partial charge >= 0.3 is 5.97 Å². The molecule has 0 aliphatic heterocycles. The van der Waals surface area contributed by atoms with Gasteiger partial charge in [0, 0.05) is 5.75 Å². The van der Waals surface area contributed by atoms with Crippen molar-refractivity contribution in [2.75, 3.05) is 18.6 Å². The number of amides is 1. The molecule has 108 valence electrons. The topological polar surface area (TPSA) is 55.4 Å². The van der Waals surface area contributed by atoms with Gasteiger partial charge in [0.2, 0.25) is 5.91 Å². The predicted octanol–water partition coefficient (Wildman–Crippen LogP) is 1.84. The maximum Gasteiger partial charge on any atom is 0.309 e. The summed E-state index contributed by atoms with van der Waals surface area (Å²) in [7, 11) is 1.36. The van der Waals surface area contributed by atoms with Crippen LogP contribution in [0.3, 0.4) is 0 Å². The molecule has 4 nitrogen and oxygen atoms in total. The number of hydrogen-bond acceptors (Lipinski definition) is 4. The summed E-state index contributed by atoms with van der Waals surface area (Å²) < 4.78 is 4.62. The van der Waals surface area contributed by atoms with Crippen LogP contribution >= 0.6 is 11.8 Å². The molecule has 0 aliphatic carbocycles. The normalized spacial score (nSPS) is 12.4. The zero-order chi connectivity index (χ0) is 14.9. The largest absolute Gasteiger partial charge is 0.469 e. The maximum absolute atomic E-state index is 11.8. The van der Waals surface area contributed by atoms with Crippen LogP contribution in [0.2, 0.25) is 0 Å². The second kappa shape index (κ2) is 8.87. The molecule has 0 saturated carbocycles. The fraction of sp³-hybridized carbons (Fsp3) is 0.714. The Morgan fingerprint density at radius 2 is 2.00 bits per heavy atom. The van der Waals surface area contributed by atoms with E-state index in [4.69, 9.17) is 6.42 Å². The Labute approximate surface area is 120 Å². The molecule has 1 amide bonds. The summed E-state index contributed by atoms with van der Waals surface area (Å²) in [4.78, 5) is 23.0. The molecule has 5 heteroatoms. The van der Waals surface area contributed by atoms with E-state index in [1.807, 2.05) is 13.8 Å². The molecule has 0 heterocycles. The van der Waals surface area contributed by atoms with Gasteiger partial charge in [-0.15, -0.1) is 6.42 Å². The minimum Gasteiger partial charge on any atom is -0.469 e. The van der Waals surface area contributed by atoms with Crippen LogP contribution in [-0.2, 0) is 14.3 Å². The molecule has 1 N–H and O–H groups in total. The van der Waals surface area contributed by atoms with Crippen molar-refractivity contribution in [3.8, 4) is 12.3 Å². The van der Waals surface area contributed by atoms with Gasteiger partial charge in [-0.05, 0) is 12.8 Å². The first-order chi connectivity index (χ1) is 8.94. The van der Waals surface area contributed by atoms with Crippen molar-refractivity contribution in [1.82, 2.24) is 5.32 Å².